The van der Waals surface area contributed by atoms with Crippen LogP contribution in [0.3, 0.4) is 0 Å². The third-order valence-electron chi connectivity index (χ3n) is 3.76. The molecule has 0 bridgehead atoms. The second kappa shape index (κ2) is 5.19. The first kappa shape index (κ1) is 14.4. The Kier molecular flexibility index (Phi) is 3.26. The zero-order valence-electron chi connectivity index (χ0n) is 11.8. The Balaban J connectivity index is 1.65. The Hall–Kier alpha value is -2.16. The van der Waals surface area contributed by atoms with E-state index in [0.29, 0.717) is 36.4 Å². The highest BCUT2D eigenvalue weighted by molar-refractivity contribution is 7.13. The van der Waals surface area contributed by atoms with Crippen molar-refractivity contribution in [3.05, 3.63) is 40.4 Å². The summed E-state index contributed by atoms with van der Waals surface area (Å²) in [5, 5.41) is 13.5. The van der Waals surface area contributed by atoms with Crippen molar-refractivity contribution in [2.24, 2.45) is 0 Å². The van der Waals surface area contributed by atoms with Crippen molar-refractivity contribution in [2.45, 2.75) is 32.0 Å². The van der Waals surface area contributed by atoms with Crippen molar-refractivity contribution >= 4 is 11.3 Å². The normalized spacial score (nSPS) is 14.4. The molecule has 0 N–H and O–H groups in total. The average molecular weight is 340 g/mol. The number of rotatable bonds is 3. The molecular weight excluding hydrogens is 329 g/mol. The number of alkyl halides is 3. The number of thiophene rings is 1. The Bertz CT molecular complexity index is 835. The van der Waals surface area contributed by atoms with Gasteiger partial charge in [-0.05, 0) is 30.7 Å². The molecule has 120 valence electrons. The minimum atomic E-state index is -4.43. The van der Waals surface area contributed by atoms with Gasteiger partial charge in [0.25, 0.3) is 5.89 Å². The van der Waals surface area contributed by atoms with Crippen molar-refractivity contribution in [2.75, 3.05) is 0 Å². The Morgan fingerprint density at radius 1 is 1.26 bits per heavy atom. The van der Waals surface area contributed by atoms with Crippen LogP contribution in [0.5, 0.6) is 0 Å². The second-order valence-electron chi connectivity index (χ2n) is 5.26. The van der Waals surface area contributed by atoms with Crippen molar-refractivity contribution in [1.82, 2.24) is 20.0 Å². The van der Waals surface area contributed by atoms with Gasteiger partial charge in [-0.2, -0.15) is 18.3 Å². The first-order valence-corrected chi connectivity index (χ1v) is 7.92. The molecule has 0 spiro atoms. The SMILES string of the molecule is FC(F)(F)c1nn(Cc2nnc(-c3cccs3)o2)c2c1CCC2. The summed E-state index contributed by atoms with van der Waals surface area (Å²) in [4.78, 5) is 0.824. The molecular formula is C14H11F3N4OS. The second-order valence-corrected chi connectivity index (χ2v) is 6.21. The topological polar surface area (TPSA) is 56.7 Å². The van der Waals surface area contributed by atoms with Crippen LogP contribution in [-0.4, -0.2) is 20.0 Å². The van der Waals surface area contributed by atoms with Crippen LogP contribution < -0.4 is 0 Å². The predicted molar refractivity (Wildman–Crippen MR) is 76.0 cm³/mol. The summed E-state index contributed by atoms with van der Waals surface area (Å²) in [5.74, 6) is 0.620. The summed E-state index contributed by atoms with van der Waals surface area (Å²) < 4.78 is 46.1. The largest absolute Gasteiger partial charge is 0.435 e. The Morgan fingerprint density at radius 2 is 2.13 bits per heavy atom. The van der Waals surface area contributed by atoms with Crippen LogP contribution in [0.25, 0.3) is 10.8 Å². The smallest absolute Gasteiger partial charge is 0.418 e. The van der Waals surface area contributed by atoms with E-state index in [1.165, 1.54) is 16.0 Å². The van der Waals surface area contributed by atoms with E-state index >= 15 is 0 Å². The predicted octanol–water partition coefficient (Wildman–Crippen LogP) is 3.55. The maximum atomic E-state index is 13.1. The molecule has 9 heteroatoms. The van der Waals surface area contributed by atoms with Gasteiger partial charge in [0.2, 0.25) is 5.89 Å². The van der Waals surface area contributed by atoms with E-state index in [1.807, 2.05) is 17.5 Å². The molecule has 1 aliphatic rings. The van der Waals surface area contributed by atoms with Crippen LogP contribution in [0, 0.1) is 0 Å². The molecule has 0 radical (unpaired) electrons. The fourth-order valence-corrected chi connectivity index (χ4v) is 3.46. The van der Waals surface area contributed by atoms with Gasteiger partial charge >= 0.3 is 6.18 Å². The van der Waals surface area contributed by atoms with E-state index in [2.05, 4.69) is 15.3 Å². The van der Waals surface area contributed by atoms with Crippen LogP contribution in [0.1, 0.15) is 29.3 Å². The fraction of sp³-hybridized carbons (Fsp3) is 0.357. The number of hydrogen-bond donors (Lipinski definition) is 0. The highest BCUT2D eigenvalue weighted by Crippen LogP contribution is 2.36. The molecule has 1 aliphatic carbocycles. The molecule has 0 saturated carbocycles. The lowest BCUT2D eigenvalue weighted by atomic mass is 10.2. The first-order valence-electron chi connectivity index (χ1n) is 7.04. The van der Waals surface area contributed by atoms with E-state index in [1.54, 1.807) is 0 Å². The van der Waals surface area contributed by atoms with Gasteiger partial charge in [0.1, 0.15) is 6.54 Å². The molecule has 0 amide bonds. The van der Waals surface area contributed by atoms with Crippen molar-refractivity contribution in [3.63, 3.8) is 0 Å². The van der Waals surface area contributed by atoms with E-state index in [0.717, 1.165) is 4.88 Å². The molecule has 0 unspecified atom stereocenters. The molecule has 4 rings (SSSR count). The number of halogens is 3. The van der Waals surface area contributed by atoms with Gasteiger partial charge in [-0.1, -0.05) is 6.07 Å². The highest BCUT2D eigenvalue weighted by atomic mass is 32.1. The summed E-state index contributed by atoms with van der Waals surface area (Å²) >= 11 is 1.46. The lowest BCUT2D eigenvalue weighted by Gasteiger charge is -2.04. The fourth-order valence-electron chi connectivity index (χ4n) is 2.81. The van der Waals surface area contributed by atoms with Gasteiger partial charge in [0, 0.05) is 11.3 Å². The van der Waals surface area contributed by atoms with Gasteiger partial charge in [0.15, 0.2) is 5.69 Å². The number of aromatic nitrogens is 4. The Morgan fingerprint density at radius 3 is 2.87 bits per heavy atom. The molecule has 3 heterocycles. The summed E-state index contributed by atoms with van der Waals surface area (Å²) in [6, 6.07) is 3.70. The lowest BCUT2D eigenvalue weighted by molar-refractivity contribution is -0.142. The quantitative estimate of drug-likeness (QED) is 0.732. The van der Waals surface area contributed by atoms with Gasteiger partial charge in [-0.3, -0.25) is 4.68 Å². The summed E-state index contributed by atoms with van der Waals surface area (Å²) in [5.41, 5.74) is 0.131. The third kappa shape index (κ3) is 2.54. The minimum absolute atomic E-state index is 0.0524. The maximum Gasteiger partial charge on any atom is 0.435 e. The monoisotopic (exact) mass is 340 g/mol. The van der Waals surface area contributed by atoms with Crippen LogP contribution in [-0.2, 0) is 25.6 Å². The molecule has 0 aliphatic heterocycles. The molecule has 23 heavy (non-hydrogen) atoms. The molecule has 0 fully saturated rings. The molecule has 3 aromatic rings. The Labute approximate surface area is 132 Å². The third-order valence-corrected chi connectivity index (χ3v) is 4.62. The number of hydrogen-bond acceptors (Lipinski definition) is 5. The van der Waals surface area contributed by atoms with E-state index in [4.69, 9.17) is 4.42 Å². The maximum absolute atomic E-state index is 13.1. The minimum Gasteiger partial charge on any atom is -0.418 e. The number of fused-ring (bicyclic) bond motifs is 1. The zero-order valence-corrected chi connectivity index (χ0v) is 12.6. The highest BCUT2D eigenvalue weighted by Gasteiger charge is 2.40. The zero-order chi connectivity index (χ0) is 16.0. The van der Waals surface area contributed by atoms with E-state index in [-0.39, 0.29) is 12.4 Å². The van der Waals surface area contributed by atoms with Crippen LogP contribution in [0.2, 0.25) is 0 Å². The van der Waals surface area contributed by atoms with Gasteiger partial charge < -0.3 is 4.42 Å². The summed E-state index contributed by atoms with van der Waals surface area (Å²) in [6.45, 7) is 0.0524. The van der Waals surface area contributed by atoms with Gasteiger partial charge in [0.05, 0.1) is 4.88 Å². The van der Waals surface area contributed by atoms with E-state index < -0.39 is 11.9 Å². The average Bonchev–Trinajstić information content (AvgIpc) is 3.24. The molecule has 0 aromatic carbocycles. The summed E-state index contributed by atoms with van der Waals surface area (Å²) in [6.07, 6.45) is -2.73. The lowest BCUT2D eigenvalue weighted by Crippen LogP contribution is -2.11. The number of nitrogens with zero attached hydrogens (tertiary/aromatic N) is 4. The van der Waals surface area contributed by atoms with E-state index in [9.17, 15) is 13.2 Å². The van der Waals surface area contributed by atoms with Crippen LogP contribution in [0.4, 0.5) is 13.2 Å². The van der Waals surface area contributed by atoms with Gasteiger partial charge in [-0.15, -0.1) is 21.5 Å². The molecule has 5 nitrogen and oxygen atoms in total. The van der Waals surface area contributed by atoms with Crippen molar-refractivity contribution < 1.29 is 17.6 Å². The first-order chi connectivity index (χ1) is 11.0. The van der Waals surface area contributed by atoms with Crippen molar-refractivity contribution in [1.29, 1.82) is 0 Å². The van der Waals surface area contributed by atoms with Crippen LogP contribution in [0.15, 0.2) is 21.9 Å². The molecule has 3 aromatic heterocycles. The molecule has 0 saturated heterocycles. The van der Waals surface area contributed by atoms with Crippen molar-refractivity contribution in [3.8, 4) is 10.8 Å². The standard InChI is InChI=1S/C14H11F3N4OS/c15-14(16,17)12-8-3-1-4-9(8)21(20-12)7-11-18-19-13(22-11)10-5-2-6-23-10/h2,5-6H,1,3-4,7H2. The van der Waals surface area contributed by atoms with Gasteiger partial charge in [-0.25, -0.2) is 0 Å². The van der Waals surface area contributed by atoms with Crippen LogP contribution >= 0.6 is 11.3 Å². The molecule has 0 atom stereocenters. The summed E-state index contributed by atoms with van der Waals surface area (Å²) in [7, 11) is 0.